The number of benzene rings is 2. The van der Waals surface area contributed by atoms with E-state index < -0.39 is 18.3 Å². The number of carbonyl (C=O) groups is 1. The molecule has 2 unspecified atom stereocenters. The van der Waals surface area contributed by atoms with Crippen LogP contribution in [0.1, 0.15) is 28.8 Å². The van der Waals surface area contributed by atoms with Gasteiger partial charge in [0.15, 0.2) is 0 Å². The van der Waals surface area contributed by atoms with E-state index in [0.717, 1.165) is 25.8 Å². The Bertz CT molecular complexity index is 974. The molecule has 0 saturated heterocycles. The molecule has 2 atom stereocenters. The highest BCUT2D eigenvalue weighted by Gasteiger charge is 2.29. The lowest BCUT2D eigenvalue weighted by molar-refractivity contribution is 0.0163. The Labute approximate surface area is 182 Å². The van der Waals surface area contributed by atoms with Gasteiger partial charge >= 0.3 is 6.09 Å². The lowest BCUT2D eigenvalue weighted by Crippen LogP contribution is -2.36. The highest BCUT2D eigenvalue weighted by molar-refractivity contribution is 14.1. The molecule has 1 aromatic heterocycles. The van der Waals surface area contributed by atoms with Crippen LogP contribution >= 0.6 is 22.6 Å². The van der Waals surface area contributed by atoms with Crippen molar-refractivity contribution in [3.63, 3.8) is 0 Å². The van der Waals surface area contributed by atoms with Gasteiger partial charge in [0.05, 0.1) is 0 Å². The first-order valence-corrected chi connectivity index (χ1v) is 10.4. The molecule has 150 valence electrons. The molecular formula is C22H21IN2O4. The van der Waals surface area contributed by atoms with Crippen molar-refractivity contribution < 1.29 is 19.7 Å². The third-order valence-electron chi connectivity index (χ3n) is 5.15. The fourth-order valence-electron chi connectivity index (χ4n) is 3.71. The molecule has 6 nitrogen and oxygen atoms in total. The maximum Gasteiger partial charge on any atom is 0.407 e. The molecule has 3 aromatic rings. The van der Waals surface area contributed by atoms with Gasteiger partial charge in [0.1, 0.15) is 18.8 Å². The van der Waals surface area contributed by atoms with E-state index in [1.165, 1.54) is 0 Å². The highest BCUT2D eigenvalue weighted by Crippen LogP contribution is 2.44. The quantitative estimate of drug-likeness (QED) is 0.387. The topological polar surface area (TPSA) is 94.6 Å². The van der Waals surface area contributed by atoms with Crippen LogP contribution in [0.2, 0.25) is 0 Å². The third kappa shape index (κ3) is 4.17. The zero-order valence-corrected chi connectivity index (χ0v) is 17.7. The number of aromatic nitrogens is 1. The van der Waals surface area contributed by atoms with Crippen LogP contribution in [-0.4, -0.2) is 40.5 Å². The smallest absolute Gasteiger partial charge is 0.407 e. The first kappa shape index (κ1) is 19.9. The monoisotopic (exact) mass is 504 g/mol. The second-order valence-electron chi connectivity index (χ2n) is 6.99. The van der Waals surface area contributed by atoms with Gasteiger partial charge in [0, 0.05) is 27.9 Å². The number of hydrogen-bond donors (Lipinski definition) is 4. The number of rotatable bonds is 6. The number of nitrogens with one attached hydrogen (secondary N) is 2. The number of aliphatic hydroxyl groups is 2. The summed E-state index contributed by atoms with van der Waals surface area (Å²) in [5.41, 5.74) is 5.10. The number of carbonyl (C=O) groups excluding carboxylic acids is 1. The van der Waals surface area contributed by atoms with Crippen LogP contribution in [0.3, 0.4) is 0 Å². The summed E-state index contributed by atoms with van der Waals surface area (Å²) in [6, 6.07) is 18.0. The van der Waals surface area contributed by atoms with Crippen LogP contribution in [0.15, 0.2) is 60.8 Å². The molecule has 0 bridgehead atoms. The van der Waals surface area contributed by atoms with Crippen LogP contribution < -0.4 is 5.32 Å². The highest BCUT2D eigenvalue weighted by atomic mass is 127. The Kier molecular flexibility index (Phi) is 5.89. The second kappa shape index (κ2) is 8.56. The molecule has 29 heavy (non-hydrogen) atoms. The number of hydrogen-bond acceptors (Lipinski definition) is 4. The van der Waals surface area contributed by atoms with Gasteiger partial charge in [-0.05, 0) is 50.9 Å². The summed E-state index contributed by atoms with van der Waals surface area (Å²) in [4.78, 5) is 15.0. The minimum Gasteiger partial charge on any atom is -0.449 e. The van der Waals surface area contributed by atoms with E-state index in [0.29, 0.717) is 5.69 Å². The predicted molar refractivity (Wildman–Crippen MR) is 118 cm³/mol. The number of H-pyrrole nitrogens is 1. The molecule has 4 rings (SSSR count). The molecule has 0 spiro atoms. The number of alkyl carbamates (subject to hydrolysis) is 1. The Morgan fingerprint density at radius 1 is 1.10 bits per heavy atom. The van der Waals surface area contributed by atoms with E-state index in [-0.39, 0.29) is 19.1 Å². The second-order valence-corrected chi connectivity index (χ2v) is 8.24. The Hall–Kier alpha value is -2.36. The number of ether oxygens (including phenoxy) is 1. The number of aliphatic hydroxyl groups excluding tert-OH is 2. The average molecular weight is 504 g/mol. The molecule has 1 heterocycles. The van der Waals surface area contributed by atoms with Crippen LogP contribution in [0, 0.1) is 3.57 Å². The van der Waals surface area contributed by atoms with Gasteiger partial charge in [-0.3, -0.25) is 0 Å². The number of amides is 1. The predicted octanol–water partition coefficient (Wildman–Crippen LogP) is 3.55. The summed E-state index contributed by atoms with van der Waals surface area (Å²) >= 11 is 2.11. The van der Waals surface area contributed by atoms with E-state index in [4.69, 9.17) is 4.74 Å². The summed E-state index contributed by atoms with van der Waals surface area (Å²) in [6.45, 7) is 0.0841. The largest absolute Gasteiger partial charge is 0.449 e. The van der Waals surface area contributed by atoms with Crippen molar-refractivity contribution in [2.75, 3.05) is 13.2 Å². The molecule has 0 aliphatic heterocycles. The van der Waals surface area contributed by atoms with Crippen LogP contribution in [-0.2, 0) is 4.74 Å². The summed E-state index contributed by atoms with van der Waals surface area (Å²) in [5.74, 6) is -0.0235. The SMILES string of the molecule is O=C(NCC(O)C(O)c1cc(I)c[nH]1)OCC1c2ccccc2-c2ccccc21. The minimum absolute atomic E-state index is 0.0235. The maximum absolute atomic E-state index is 12.2. The zero-order chi connectivity index (χ0) is 20.4. The van der Waals surface area contributed by atoms with Crippen molar-refractivity contribution in [1.29, 1.82) is 0 Å². The van der Waals surface area contributed by atoms with Crippen molar-refractivity contribution in [3.05, 3.63) is 81.2 Å². The van der Waals surface area contributed by atoms with E-state index in [9.17, 15) is 15.0 Å². The van der Waals surface area contributed by atoms with Gasteiger partial charge in [-0.25, -0.2) is 4.79 Å². The molecular weight excluding hydrogens is 483 g/mol. The Morgan fingerprint density at radius 2 is 1.72 bits per heavy atom. The number of fused-ring (bicyclic) bond motifs is 3. The van der Waals surface area contributed by atoms with E-state index in [2.05, 4.69) is 57.2 Å². The molecule has 0 fully saturated rings. The lowest BCUT2D eigenvalue weighted by atomic mass is 9.98. The first-order chi connectivity index (χ1) is 14.0. The van der Waals surface area contributed by atoms with Crippen molar-refractivity contribution >= 4 is 28.7 Å². The van der Waals surface area contributed by atoms with Crippen molar-refractivity contribution in [2.24, 2.45) is 0 Å². The average Bonchev–Trinajstić information content (AvgIpc) is 3.31. The van der Waals surface area contributed by atoms with Crippen LogP contribution in [0.25, 0.3) is 11.1 Å². The van der Waals surface area contributed by atoms with Crippen molar-refractivity contribution in [2.45, 2.75) is 18.1 Å². The van der Waals surface area contributed by atoms with E-state index in [1.54, 1.807) is 12.3 Å². The summed E-state index contributed by atoms with van der Waals surface area (Å²) < 4.78 is 6.35. The molecule has 1 amide bonds. The summed E-state index contributed by atoms with van der Waals surface area (Å²) in [5, 5.41) is 22.8. The number of halogens is 1. The molecule has 0 saturated carbocycles. The zero-order valence-electron chi connectivity index (χ0n) is 15.5. The van der Waals surface area contributed by atoms with Crippen LogP contribution in [0.5, 0.6) is 0 Å². The minimum atomic E-state index is -1.15. The van der Waals surface area contributed by atoms with E-state index >= 15 is 0 Å². The van der Waals surface area contributed by atoms with Crippen molar-refractivity contribution in [1.82, 2.24) is 10.3 Å². The lowest BCUT2D eigenvalue weighted by Gasteiger charge is -2.18. The Morgan fingerprint density at radius 3 is 2.31 bits per heavy atom. The third-order valence-corrected chi connectivity index (χ3v) is 5.78. The van der Waals surface area contributed by atoms with Gasteiger partial charge in [-0.2, -0.15) is 0 Å². The number of aromatic amines is 1. The Balaban J connectivity index is 1.34. The van der Waals surface area contributed by atoms with Gasteiger partial charge in [-0.1, -0.05) is 48.5 Å². The van der Waals surface area contributed by atoms with Crippen LogP contribution in [0.4, 0.5) is 4.79 Å². The molecule has 1 aliphatic carbocycles. The molecule has 0 radical (unpaired) electrons. The summed E-state index contributed by atoms with van der Waals surface area (Å²) in [6.07, 6.45) is -1.17. The fourth-order valence-corrected chi connectivity index (χ4v) is 4.20. The van der Waals surface area contributed by atoms with Gasteiger partial charge in [-0.15, -0.1) is 0 Å². The van der Waals surface area contributed by atoms with Gasteiger partial charge in [0.25, 0.3) is 0 Å². The maximum atomic E-state index is 12.2. The summed E-state index contributed by atoms with van der Waals surface area (Å²) in [7, 11) is 0. The standard InChI is InChI=1S/C22H21IN2O4/c23-13-9-19(24-10-13)21(27)20(26)11-25-22(28)29-12-18-16-7-3-1-5-14(16)15-6-2-4-8-17(15)18/h1-10,18,20-21,24,26-27H,11-12H2,(H,25,28). The van der Waals surface area contributed by atoms with E-state index in [1.807, 2.05) is 24.3 Å². The molecule has 4 N–H and O–H groups in total. The fraction of sp³-hybridized carbons (Fsp3) is 0.227. The van der Waals surface area contributed by atoms with Gasteiger partial charge in [0.2, 0.25) is 0 Å². The molecule has 1 aliphatic rings. The normalized spacial score (nSPS) is 14.7. The first-order valence-electron chi connectivity index (χ1n) is 9.33. The molecule has 2 aromatic carbocycles. The van der Waals surface area contributed by atoms with Crippen molar-refractivity contribution in [3.8, 4) is 11.1 Å². The van der Waals surface area contributed by atoms with Gasteiger partial charge < -0.3 is 25.3 Å². The molecule has 7 heteroatoms.